The summed E-state index contributed by atoms with van der Waals surface area (Å²) in [6, 6.07) is 5.24. The van der Waals surface area contributed by atoms with Crippen molar-refractivity contribution in [2.75, 3.05) is 31.6 Å². The molecule has 1 saturated heterocycles. The molecule has 0 unspecified atom stereocenters. The van der Waals surface area contributed by atoms with E-state index in [9.17, 15) is 9.59 Å². The number of anilines is 1. The van der Waals surface area contributed by atoms with Gasteiger partial charge >= 0.3 is 0 Å². The summed E-state index contributed by atoms with van der Waals surface area (Å²) in [5.41, 5.74) is 2.74. The average molecular weight is 464 g/mol. The van der Waals surface area contributed by atoms with Crippen LogP contribution in [0.25, 0.3) is 0 Å². The molecule has 31 heavy (non-hydrogen) atoms. The van der Waals surface area contributed by atoms with E-state index in [1.54, 1.807) is 29.5 Å². The van der Waals surface area contributed by atoms with Gasteiger partial charge in [0.15, 0.2) is 0 Å². The van der Waals surface area contributed by atoms with Crippen LogP contribution in [0, 0.1) is 6.92 Å². The van der Waals surface area contributed by atoms with Crippen LogP contribution in [-0.4, -0.2) is 48.0 Å². The highest BCUT2D eigenvalue weighted by atomic mass is 35.5. The number of aryl methyl sites for hydroxylation is 1. The molecule has 0 atom stereocenters. The van der Waals surface area contributed by atoms with E-state index in [4.69, 9.17) is 21.3 Å². The highest BCUT2D eigenvalue weighted by Crippen LogP contribution is 2.33. The van der Waals surface area contributed by atoms with Crippen molar-refractivity contribution in [1.29, 1.82) is 0 Å². The third-order valence-electron chi connectivity index (χ3n) is 5.41. The summed E-state index contributed by atoms with van der Waals surface area (Å²) in [6.07, 6.45) is 1.80. The van der Waals surface area contributed by atoms with E-state index >= 15 is 0 Å². The minimum Gasteiger partial charge on any atom is -0.362 e. The first-order valence-corrected chi connectivity index (χ1v) is 11.8. The molecular weight excluding hydrogens is 434 g/mol. The second-order valence-electron chi connectivity index (χ2n) is 8.98. The molecule has 0 radical (unpaired) electrons. The number of halogens is 1. The molecule has 8 heteroatoms. The van der Waals surface area contributed by atoms with Crippen LogP contribution in [0.3, 0.4) is 0 Å². The predicted octanol–water partition coefficient (Wildman–Crippen LogP) is 4.76. The number of amides is 2. The molecule has 2 aromatic rings. The minimum atomic E-state index is -0.296. The van der Waals surface area contributed by atoms with Gasteiger partial charge < -0.3 is 15.0 Å². The Morgan fingerprint density at radius 1 is 1.26 bits per heavy atom. The summed E-state index contributed by atoms with van der Waals surface area (Å²) >= 11 is 7.65. The Balaban J connectivity index is 1.40. The zero-order valence-electron chi connectivity index (χ0n) is 18.5. The number of likely N-dealkylation sites (tertiary alicyclic amines) is 1. The monoisotopic (exact) mass is 463 g/mol. The number of carbonyl (C=O) groups excluding carboxylic acids is 2. The number of nitrogens with zero attached hydrogens (tertiary/aromatic N) is 2. The number of ether oxygens (including phenoxy) is 1. The summed E-state index contributed by atoms with van der Waals surface area (Å²) in [4.78, 5) is 31.2. The number of benzene rings is 1. The zero-order valence-corrected chi connectivity index (χ0v) is 20.1. The Morgan fingerprint density at radius 2 is 1.97 bits per heavy atom. The summed E-state index contributed by atoms with van der Waals surface area (Å²) in [5.74, 6) is 0.0262. The van der Waals surface area contributed by atoms with Gasteiger partial charge in [-0.25, -0.2) is 4.98 Å². The number of piperidine rings is 1. The first kappa shape index (κ1) is 23.7. The normalized spacial score (nSPS) is 15.2. The van der Waals surface area contributed by atoms with Crippen LogP contribution < -0.4 is 5.32 Å². The summed E-state index contributed by atoms with van der Waals surface area (Å²) in [7, 11) is 0. The Kier molecular flexibility index (Phi) is 7.73. The molecule has 1 aromatic carbocycles. The highest BCUT2D eigenvalue weighted by molar-refractivity contribution is 7.09. The van der Waals surface area contributed by atoms with E-state index in [-0.39, 0.29) is 30.4 Å². The lowest BCUT2D eigenvalue weighted by molar-refractivity contribution is -0.138. The van der Waals surface area contributed by atoms with Gasteiger partial charge in [0.05, 0.1) is 10.7 Å². The van der Waals surface area contributed by atoms with Gasteiger partial charge in [0.2, 0.25) is 11.8 Å². The van der Waals surface area contributed by atoms with Crippen molar-refractivity contribution in [2.24, 2.45) is 0 Å². The van der Waals surface area contributed by atoms with Crippen LogP contribution in [-0.2, 0) is 19.7 Å². The standard InChI is InChI=1S/C23H30ClN3O3S/c1-15-11-17(24)5-6-18(15)25-20(28)12-30-13-21(29)27-9-7-16(8-10-27)22-26-19(14-31-22)23(2,3)4/h5-6,11,14,16H,7-10,12-13H2,1-4H3,(H,25,28). The lowest BCUT2D eigenvalue weighted by Gasteiger charge is -2.31. The molecular formula is C23H30ClN3O3S. The number of hydrogen-bond acceptors (Lipinski definition) is 5. The molecule has 6 nitrogen and oxygen atoms in total. The van der Waals surface area contributed by atoms with Crippen molar-refractivity contribution in [3.05, 3.63) is 44.9 Å². The Labute approximate surface area is 193 Å². The van der Waals surface area contributed by atoms with Crippen molar-refractivity contribution in [3.8, 4) is 0 Å². The first-order chi connectivity index (χ1) is 14.6. The molecule has 1 aliphatic heterocycles. The van der Waals surface area contributed by atoms with Crippen molar-refractivity contribution < 1.29 is 14.3 Å². The van der Waals surface area contributed by atoms with Gasteiger partial charge in [-0.2, -0.15) is 0 Å². The summed E-state index contributed by atoms with van der Waals surface area (Å²) in [6.45, 7) is 9.49. The first-order valence-electron chi connectivity index (χ1n) is 10.5. The van der Waals surface area contributed by atoms with E-state index in [1.165, 1.54) is 5.01 Å². The molecule has 168 valence electrons. The molecule has 3 rings (SSSR count). The molecule has 1 aromatic heterocycles. The van der Waals surface area contributed by atoms with Gasteiger partial charge in [-0.05, 0) is 43.5 Å². The second kappa shape index (κ2) is 10.1. The topological polar surface area (TPSA) is 71.5 Å². The average Bonchev–Trinajstić information content (AvgIpc) is 3.21. The molecule has 0 saturated carbocycles. The second-order valence-corrected chi connectivity index (χ2v) is 10.3. The Hall–Kier alpha value is -1.96. The van der Waals surface area contributed by atoms with Crippen LogP contribution in [0.2, 0.25) is 5.02 Å². The molecule has 0 aliphatic carbocycles. The molecule has 1 N–H and O–H groups in total. The van der Waals surface area contributed by atoms with Crippen LogP contribution in [0.5, 0.6) is 0 Å². The van der Waals surface area contributed by atoms with E-state index in [0.29, 0.717) is 29.7 Å². The number of nitrogens with one attached hydrogen (secondary N) is 1. The maximum atomic E-state index is 12.4. The van der Waals surface area contributed by atoms with Gasteiger partial charge in [0, 0.05) is 40.5 Å². The predicted molar refractivity (Wildman–Crippen MR) is 125 cm³/mol. The van der Waals surface area contributed by atoms with Crippen molar-refractivity contribution >= 4 is 40.4 Å². The van der Waals surface area contributed by atoms with Crippen molar-refractivity contribution in [2.45, 2.75) is 51.9 Å². The lowest BCUT2D eigenvalue weighted by atomic mass is 9.93. The van der Waals surface area contributed by atoms with E-state index in [1.807, 2.05) is 11.8 Å². The lowest BCUT2D eigenvalue weighted by Crippen LogP contribution is -2.40. The maximum Gasteiger partial charge on any atom is 0.250 e. The largest absolute Gasteiger partial charge is 0.362 e. The maximum absolute atomic E-state index is 12.4. The number of thiazole rings is 1. The summed E-state index contributed by atoms with van der Waals surface area (Å²) in [5, 5.41) is 6.71. The Bertz CT molecular complexity index is 930. The third kappa shape index (κ3) is 6.51. The molecule has 0 bridgehead atoms. The van der Waals surface area contributed by atoms with Crippen LogP contribution in [0.1, 0.15) is 55.8 Å². The molecule has 1 fully saturated rings. The van der Waals surface area contributed by atoms with E-state index in [0.717, 1.165) is 24.1 Å². The molecule has 1 aliphatic rings. The number of rotatable bonds is 6. The zero-order chi connectivity index (χ0) is 22.6. The number of carbonyl (C=O) groups is 2. The van der Waals surface area contributed by atoms with Gasteiger partial charge in [-0.15, -0.1) is 11.3 Å². The van der Waals surface area contributed by atoms with Gasteiger partial charge in [-0.1, -0.05) is 32.4 Å². The molecule has 2 heterocycles. The quantitative estimate of drug-likeness (QED) is 0.670. The van der Waals surface area contributed by atoms with Crippen LogP contribution in [0.4, 0.5) is 5.69 Å². The SMILES string of the molecule is Cc1cc(Cl)ccc1NC(=O)COCC(=O)N1CCC(c2nc(C(C)(C)C)cs2)CC1. The van der Waals surface area contributed by atoms with E-state index in [2.05, 4.69) is 31.5 Å². The van der Waals surface area contributed by atoms with Crippen molar-refractivity contribution in [3.63, 3.8) is 0 Å². The van der Waals surface area contributed by atoms with Gasteiger partial charge in [0.1, 0.15) is 13.2 Å². The fourth-order valence-electron chi connectivity index (χ4n) is 3.47. The van der Waals surface area contributed by atoms with Crippen LogP contribution in [0.15, 0.2) is 23.6 Å². The smallest absolute Gasteiger partial charge is 0.250 e. The fraction of sp³-hybridized carbons (Fsp3) is 0.522. The van der Waals surface area contributed by atoms with Crippen LogP contribution >= 0.6 is 22.9 Å². The third-order valence-corrected chi connectivity index (χ3v) is 6.65. The minimum absolute atomic E-state index is 0.0568. The van der Waals surface area contributed by atoms with Crippen molar-refractivity contribution in [1.82, 2.24) is 9.88 Å². The van der Waals surface area contributed by atoms with Gasteiger partial charge in [0.25, 0.3) is 0 Å². The fourth-order valence-corrected chi connectivity index (χ4v) is 4.92. The van der Waals surface area contributed by atoms with Gasteiger partial charge in [-0.3, -0.25) is 9.59 Å². The molecule has 0 spiro atoms. The summed E-state index contributed by atoms with van der Waals surface area (Å²) < 4.78 is 5.36. The van der Waals surface area contributed by atoms with E-state index < -0.39 is 0 Å². The highest BCUT2D eigenvalue weighted by Gasteiger charge is 2.27. The molecule has 2 amide bonds. The Morgan fingerprint density at radius 3 is 2.58 bits per heavy atom. The number of hydrogen-bond donors (Lipinski definition) is 1. The number of aromatic nitrogens is 1.